The van der Waals surface area contributed by atoms with Gasteiger partial charge in [0, 0.05) is 5.70 Å². The molecule has 3 rings (SSSR count). The van der Waals surface area contributed by atoms with Crippen LogP contribution in [0.4, 0.5) is 0 Å². The molecular formula is C25H28N2O4. The van der Waals surface area contributed by atoms with E-state index in [9.17, 15) is 9.59 Å². The van der Waals surface area contributed by atoms with Gasteiger partial charge in [-0.1, -0.05) is 47.5 Å². The number of hydrogen-bond donors (Lipinski definition) is 2. The Labute approximate surface area is 182 Å². The minimum Gasteiger partial charge on any atom is -0.484 e. The summed E-state index contributed by atoms with van der Waals surface area (Å²) in [6.45, 7) is 5.78. The number of carbonyl (C=O) groups is 2. The van der Waals surface area contributed by atoms with Crippen molar-refractivity contribution in [3.8, 4) is 11.5 Å². The summed E-state index contributed by atoms with van der Waals surface area (Å²) in [5, 5.41) is 5.78. The maximum absolute atomic E-state index is 12.3. The Morgan fingerprint density at radius 3 is 1.87 bits per heavy atom. The largest absolute Gasteiger partial charge is 0.484 e. The Morgan fingerprint density at radius 2 is 1.39 bits per heavy atom. The van der Waals surface area contributed by atoms with E-state index >= 15 is 0 Å². The second-order valence-electron chi connectivity index (χ2n) is 7.91. The topological polar surface area (TPSA) is 76.7 Å². The number of allylic oxidation sites excluding steroid dienone is 1. The second-order valence-corrected chi connectivity index (χ2v) is 7.91. The fourth-order valence-electron chi connectivity index (χ4n) is 3.04. The standard InChI is InChI=1S/C25H28N2O4/c1-18-4-8-21(9-5-18)30-16-23(28)26-20-12-14-25(3,15-13-20)27-24(29)17-31-22-10-6-19(2)7-11-22/h4-14H,15-17H2,1-3H3,(H,26,28)(H,27,29). The molecule has 0 aromatic heterocycles. The molecule has 2 aromatic carbocycles. The van der Waals surface area contributed by atoms with Crippen molar-refractivity contribution in [2.45, 2.75) is 32.7 Å². The third kappa shape index (κ3) is 7.03. The predicted molar refractivity (Wildman–Crippen MR) is 120 cm³/mol. The number of hydrogen-bond acceptors (Lipinski definition) is 4. The minimum absolute atomic E-state index is 0.0594. The highest BCUT2D eigenvalue weighted by Gasteiger charge is 2.25. The van der Waals surface area contributed by atoms with Crippen molar-refractivity contribution in [1.82, 2.24) is 10.6 Å². The Hall–Kier alpha value is -3.54. The zero-order valence-electron chi connectivity index (χ0n) is 18.1. The Morgan fingerprint density at radius 1 is 0.871 bits per heavy atom. The molecule has 2 amide bonds. The lowest BCUT2D eigenvalue weighted by molar-refractivity contribution is -0.124. The first-order chi connectivity index (χ1) is 14.8. The van der Waals surface area contributed by atoms with Crippen LogP contribution < -0.4 is 20.1 Å². The van der Waals surface area contributed by atoms with Crippen LogP contribution in [0.15, 0.2) is 72.5 Å². The average Bonchev–Trinajstić information content (AvgIpc) is 2.75. The van der Waals surface area contributed by atoms with E-state index in [1.54, 1.807) is 6.08 Å². The fraction of sp³-hybridized carbons (Fsp3) is 0.280. The van der Waals surface area contributed by atoms with E-state index in [0.29, 0.717) is 23.6 Å². The monoisotopic (exact) mass is 420 g/mol. The van der Waals surface area contributed by atoms with Crippen LogP contribution in [-0.4, -0.2) is 30.6 Å². The summed E-state index contributed by atoms with van der Waals surface area (Å²) in [6.07, 6.45) is 6.08. The molecule has 1 unspecified atom stereocenters. The molecule has 1 aliphatic carbocycles. The number of ether oxygens (including phenoxy) is 2. The zero-order valence-corrected chi connectivity index (χ0v) is 18.1. The first-order valence-electron chi connectivity index (χ1n) is 10.2. The summed E-state index contributed by atoms with van der Waals surface area (Å²) in [7, 11) is 0. The minimum atomic E-state index is -0.541. The summed E-state index contributed by atoms with van der Waals surface area (Å²) < 4.78 is 11.0. The van der Waals surface area contributed by atoms with Crippen LogP contribution in [0.5, 0.6) is 11.5 Å². The molecule has 6 heteroatoms. The third-order valence-electron chi connectivity index (χ3n) is 4.87. The zero-order chi connectivity index (χ0) is 22.3. The van der Waals surface area contributed by atoms with Gasteiger partial charge in [-0.25, -0.2) is 0 Å². The number of benzene rings is 2. The molecule has 31 heavy (non-hydrogen) atoms. The van der Waals surface area contributed by atoms with Crippen LogP contribution in [0, 0.1) is 13.8 Å². The van der Waals surface area contributed by atoms with E-state index in [1.165, 1.54) is 0 Å². The molecule has 0 radical (unpaired) electrons. The van der Waals surface area contributed by atoms with Crippen LogP contribution in [-0.2, 0) is 9.59 Å². The summed E-state index contributed by atoms with van der Waals surface area (Å²) in [5.74, 6) is 0.857. The van der Waals surface area contributed by atoms with Crippen LogP contribution >= 0.6 is 0 Å². The van der Waals surface area contributed by atoms with Crippen LogP contribution in [0.2, 0.25) is 0 Å². The van der Waals surface area contributed by atoms with Gasteiger partial charge in [0.25, 0.3) is 11.8 Å². The Balaban J connectivity index is 1.42. The SMILES string of the molecule is Cc1ccc(OCC(=O)NC2=CCC(C)(NC(=O)COc3ccc(C)cc3)C=C2)cc1. The highest BCUT2D eigenvalue weighted by atomic mass is 16.5. The molecule has 1 aliphatic rings. The number of amides is 2. The van der Waals surface area contributed by atoms with Crippen LogP contribution in [0.25, 0.3) is 0 Å². The average molecular weight is 421 g/mol. The maximum atomic E-state index is 12.3. The molecule has 0 saturated heterocycles. The van der Waals surface area contributed by atoms with Gasteiger partial charge in [-0.2, -0.15) is 0 Å². The molecule has 2 aromatic rings. The van der Waals surface area contributed by atoms with Crippen molar-refractivity contribution in [3.05, 3.63) is 83.6 Å². The van der Waals surface area contributed by atoms with Crippen molar-refractivity contribution < 1.29 is 19.1 Å². The van der Waals surface area contributed by atoms with E-state index in [4.69, 9.17) is 9.47 Å². The fourth-order valence-corrected chi connectivity index (χ4v) is 3.04. The first-order valence-corrected chi connectivity index (χ1v) is 10.2. The van der Waals surface area contributed by atoms with Gasteiger partial charge in [0.15, 0.2) is 13.2 Å². The van der Waals surface area contributed by atoms with Gasteiger partial charge in [0.05, 0.1) is 5.54 Å². The van der Waals surface area contributed by atoms with E-state index < -0.39 is 5.54 Å². The van der Waals surface area contributed by atoms with E-state index in [-0.39, 0.29) is 25.0 Å². The predicted octanol–water partition coefficient (Wildman–Crippen LogP) is 3.60. The van der Waals surface area contributed by atoms with Crippen molar-refractivity contribution in [2.24, 2.45) is 0 Å². The lowest BCUT2D eigenvalue weighted by Crippen LogP contribution is -2.47. The molecule has 0 fully saturated rings. The molecule has 2 N–H and O–H groups in total. The first kappa shape index (κ1) is 22.2. The van der Waals surface area contributed by atoms with Gasteiger partial charge in [-0.05, 0) is 57.5 Å². The van der Waals surface area contributed by atoms with Gasteiger partial charge < -0.3 is 20.1 Å². The van der Waals surface area contributed by atoms with E-state index in [2.05, 4.69) is 10.6 Å². The molecule has 0 aliphatic heterocycles. The van der Waals surface area contributed by atoms with Crippen molar-refractivity contribution in [1.29, 1.82) is 0 Å². The molecule has 162 valence electrons. The lowest BCUT2D eigenvalue weighted by Gasteiger charge is -2.29. The molecule has 6 nitrogen and oxygen atoms in total. The molecule has 0 heterocycles. The number of rotatable bonds is 8. The van der Waals surface area contributed by atoms with Crippen LogP contribution in [0.1, 0.15) is 24.5 Å². The molecule has 1 atom stereocenters. The van der Waals surface area contributed by atoms with Crippen LogP contribution in [0.3, 0.4) is 0 Å². The third-order valence-corrected chi connectivity index (χ3v) is 4.87. The quantitative estimate of drug-likeness (QED) is 0.684. The molecule has 0 saturated carbocycles. The van der Waals surface area contributed by atoms with Gasteiger partial charge >= 0.3 is 0 Å². The summed E-state index contributed by atoms with van der Waals surface area (Å²) >= 11 is 0. The lowest BCUT2D eigenvalue weighted by atomic mass is 9.92. The highest BCUT2D eigenvalue weighted by Crippen LogP contribution is 2.20. The smallest absolute Gasteiger partial charge is 0.262 e. The van der Waals surface area contributed by atoms with Gasteiger partial charge in [0.1, 0.15) is 11.5 Å². The number of carbonyl (C=O) groups excluding carboxylic acids is 2. The van der Waals surface area contributed by atoms with Gasteiger partial charge in [-0.15, -0.1) is 0 Å². The van der Waals surface area contributed by atoms with Crippen molar-refractivity contribution in [2.75, 3.05) is 13.2 Å². The summed E-state index contributed by atoms with van der Waals surface area (Å²) in [4.78, 5) is 24.4. The van der Waals surface area contributed by atoms with E-state index in [1.807, 2.05) is 81.5 Å². The maximum Gasteiger partial charge on any atom is 0.262 e. The highest BCUT2D eigenvalue weighted by molar-refractivity contribution is 5.80. The normalized spacial score (nSPS) is 17.5. The van der Waals surface area contributed by atoms with E-state index in [0.717, 1.165) is 11.1 Å². The molecule has 0 bridgehead atoms. The second kappa shape index (κ2) is 9.98. The summed E-state index contributed by atoms with van der Waals surface area (Å²) in [5.41, 5.74) is 2.40. The van der Waals surface area contributed by atoms with Gasteiger partial charge in [-0.3, -0.25) is 9.59 Å². The Bertz CT molecular complexity index is 978. The van der Waals surface area contributed by atoms with Crippen molar-refractivity contribution in [3.63, 3.8) is 0 Å². The number of aryl methyl sites for hydroxylation is 2. The molecular weight excluding hydrogens is 392 g/mol. The van der Waals surface area contributed by atoms with Gasteiger partial charge in [0.2, 0.25) is 0 Å². The Kier molecular flexibility index (Phi) is 7.13. The number of nitrogens with one attached hydrogen (secondary N) is 2. The molecule has 0 spiro atoms. The summed E-state index contributed by atoms with van der Waals surface area (Å²) in [6, 6.07) is 15.1. The van der Waals surface area contributed by atoms with Crippen molar-refractivity contribution >= 4 is 11.8 Å².